The lowest BCUT2D eigenvalue weighted by atomic mass is 10.2. The van der Waals surface area contributed by atoms with Crippen molar-refractivity contribution >= 4 is 17.3 Å². The van der Waals surface area contributed by atoms with Crippen molar-refractivity contribution in [2.24, 2.45) is 0 Å². The van der Waals surface area contributed by atoms with Gasteiger partial charge in [0.1, 0.15) is 11.8 Å². The highest BCUT2D eigenvalue weighted by Gasteiger charge is 2.08. The largest absolute Gasteiger partial charge is 0.454 e. The molecular formula is C13H9ClN2O. The Morgan fingerprint density at radius 1 is 1.06 bits per heavy atom. The molecule has 2 rings (SSSR count). The van der Waals surface area contributed by atoms with Gasteiger partial charge in [-0.3, -0.25) is 0 Å². The molecule has 2 aromatic rings. The third-order valence-corrected chi connectivity index (χ3v) is 2.57. The monoisotopic (exact) mass is 244 g/mol. The van der Waals surface area contributed by atoms with Gasteiger partial charge in [0, 0.05) is 0 Å². The molecule has 0 spiro atoms. The Bertz CT molecular complexity index is 590. The third kappa shape index (κ3) is 2.32. The van der Waals surface area contributed by atoms with E-state index in [0.717, 1.165) is 0 Å². The van der Waals surface area contributed by atoms with Crippen LogP contribution in [0.5, 0.6) is 11.5 Å². The van der Waals surface area contributed by atoms with E-state index in [1.165, 1.54) is 0 Å². The molecule has 0 saturated heterocycles. The second-order valence-corrected chi connectivity index (χ2v) is 3.77. The molecule has 0 bridgehead atoms. The summed E-state index contributed by atoms with van der Waals surface area (Å²) in [5.41, 5.74) is 6.60. The molecule has 0 unspecified atom stereocenters. The minimum Gasteiger partial charge on any atom is -0.454 e. The van der Waals surface area contributed by atoms with Crippen LogP contribution in [0.25, 0.3) is 0 Å². The molecule has 84 valence electrons. The van der Waals surface area contributed by atoms with E-state index >= 15 is 0 Å². The van der Waals surface area contributed by atoms with Gasteiger partial charge in [-0.05, 0) is 24.3 Å². The topological polar surface area (TPSA) is 59.0 Å². The molecule has 0 aliphatic rings. The number of nitriles is 1. The molecule has 0 aliphatic carbocycles. The van der Waals surface area contributed by atoms with Crippen LogP contribution < -0.4 is 10.5 Å². The summed E-state index contributed by atoms with van der Waals surface area (Å²) in [6.07, 6.45) is 0. The van der Waals surface area contributed by atoms with Crippen LogP contribution in [0.2, 0.25) is 5.02 Å². The fourth-order valence-electron chi connectivity index (χ4n) is 1.37. The molecule has 0 heterocycles. The zero-order valence-electron chi connectivity index (χ0n) is 8.85. The molecule has 0 radical (unpaired) electrons. The maximum atomic E-state index is 8.93. The Kier molecular flexibility index (Phi) is 3.17. The highest BCUT2D eigenvalue weighted by Crippen LogP contribution is 2.33. The number of benzene rings is 2. The summed E-state index contributed by atoms with van der Waals surface area (Å²) in [7, 11) is 0. The summed E-state index contributed by atoms with van der Waals surface area (Å²) >= 11 is 5.88. The molecule has 0 atom stereocenters. The van der Waals surface area contributed by atoms with Crippen molar-refractivity contribution in [3.8, 4) is 17.6 Å². The highest BCUT2D eigenvalue weighted by atomic mass is 35.5. The van der Waals surface area contributed by atoms with Crippen LogP contribution in [0.1, 0.15) is 5.56 Å². The number of nitrogens with zero attached hydrogens (tertiary/aromatic N) is 1. The normalized spacial score (nSPS) is 9.65. The van der Waals surface area contributed by atoms with Crippen LogP contribution in [0.15, 0.2) is 42.5 Å². The summed E-state index contributed by atoms with van der Waals surface area (Å²) in [4.78, 5) is 0. The van der Waals surface area contributed by atoms with E-state index in [-0.39, 0.29) is 0 Å². The van der Waals surface area contributed by atoms with Crippen LogP contribution in [-0.4, -0.2) is 0 Å². The second kappa shape index (κ2) is 4.77. The maximum Gasteiger partial charge on any atom is 0.151 e. The summed E-state index contributed by atoms with van der Waals surface area (Å²) in [5.74, 6) is 0.907. The van der Waals surface area contributed by atoms with Gasteiger partial charge in [-0.25, -0.2) is 0 Å². The first kappa shape index (κ1) is 11.3. The number of nitrogens with two attached hydrogens (primary N) is 1. The molecule has 17 heavy (non-hydrogen) atoms. The van der Waals surface area contributed by atoms with Crippen molar-refractivity contribution in [1.82, 2.24) is 0 Å². The van der Waals surface area contributed by atoms with E-state index in [2.05, 4.69) is 6.07 Å². The van der Waals surface area contributed by atoms with Crippen LogP contribution >= 0.6 is 11.6 Å². The smallest absolute Gasteiger partial charge is 0.151 e. The summed E-state index contributed by atoms with van der Waals surface area (Å²) < 4.78 is 5.58. The first-order chi connectivity index (χ1) is 8.22. The number of halogens is 1. The molecule has 0 fully saturated rings. The van der Waals surface area contributed by atoms with E-state index < -0.39 is 0 Å². The molecule has 0 aromatic heterocycles. The molecule has 0 aliphatic heterocycles. The number of hydrogen-bond donors (Lipinski definition) is 1. The van der Waals surface area contributed by atoms with E-state index in [1.54, 1.807) is 42.5 Å². The fourth-order valence-corrected chi connectivity index (χ4v) is 1.54. The van der Waals surface area contributed by atoms with Gasteiger partial charge in [0.2, 0.25) is 0 Å². The lowest BCUT2D eigenvalue weighted by molar-refractivity contribution is 0.483. The van der Waals surface area contributed by atoms with Gasteiger partial charge < -0.3 is 10.5 Å². The molecule has 3 nitrogen and oxygen atoms in total. The first-order valence-corrected chi connectivity index (χ1v) is 5.31. The lowest BCUT2D eigenvalue weighted by Crippen LogP contribution is -1.94. The Hall–Kier alpha value is -2.18. The minimum absolute atomic E-state index is 0.363. The van der Waals surface area contributed by atoms with Crippen molar-refractivity contribution in [3.05, 3.63) is 53.1 Å². The Labute approximate surface area is 104 Å². The molecule has 2 N–H and O–H groups in total. The zero-order chi connectivity index (χ0) is 12.3. The predicted octanol–water partition coefficient (Wildman–Crippen LogP) is 3.59. The van der Waals surface area contributed by atoms with Gasteiger partial charge >= 0.3 is 0 Å². The van der Waals surface area contributed by atoms with E-state index in [1.807, 2.05) is 0 Å². The average Bonchev–Trinajstić information content (AvgIpc) is 2.35. The van der Waals surface area contributed by atoms with Crippen LogP contribution in [0.3, 0.4) is 0 Å². The number of nitrogen functional groups attached to an aromatic ring is 1. The van der Waals surface area contributed by atoms with Gasteiger partial charge in [-0.15, -0.1) is 0 Å². The quantitative estimate of drug-likeness (QED) is 0.822. The number of ether oxygens (including phenoxy) is 1. The number of anilines is 1. The van der Waals surface area contributed by atoms with Gasteiger partial charge in [0.05, 0.1) is 16.3 Å². The molecule has 4 heteroatoms. The van der Waals surface area contributed by atoms with Crippen molar-refractivity contribution in [1.29, 1.82) is 5.26 Å². The molecule has 0 saturated carbocycles. The maximum absolute atomic E-state index is 8.93. The van der Waals surface area contributed by atoms with Crippen molar-refractivity contribution < 1.29 is 4.74 Å². The SMILES string of the molecule is N#Cc1ccccc1Oc1cccc(Cl)c1N. The zero-order valence-corrected chi connectivity index (χ0v) is 9.61. The van der Waals surface area contributed by atoms with E-state index in [0.29, 0.717) is 27.8 Å². The average molecular weight is 245 g/mol. The van der Waals surface area contributed by atoms with Crippen molar-refractivity contribution in [2.45, 2.75) is 0 Å². The van der Waals surface area contributed by atoms with Gasteiger partial charge in [0.15, 0.2) is 5.75 Å². The van der Waals surface area contributed by atoms with Gasteiger partial charge in [-0.2, -0.15) is 5.26 Å². The Balaban J connectivity index is 2.39. The summed E-state index contributed by atoms with van der Waals surface area (Å²) in [6.45, 7) is 0. The Morgan fingerprint density at radius 3 is 2.53 bits per heavy atom. The van der Waals surface area contributed by atoms with Crippen molar-refractivity contribution in [2.75, 3.05) is 5.73 Å². The highest BCUT2D eigenvalue weighted by molar-refractivity contribution is 6.33. The summed E-state index contributed by atoms with van der Waals surface area (Å²) in [5, 5.41) is 9.36. The molecule has 0 amide bonds. The second-order valence-electron chi connectivity index (χ2n) is 3.36. The van der Waals surface area contributed by atoms with Crippen LogP contribution in [0.4, 0.5) is 5.69 Å². The van der Waals surface area contributed by atoms with Gasteiger partial charge in [0.25, 0.3) is 0 Å². The summed E-state index contributed by atoms with van der Waals surface area (Å²) in [6, 6.07) is 14.1. The van der Waals surface area contributed by atoms with E-state index in [9.17, 15) is 0 Å². The molecule has 2 aromatic carbocycles. The van der Waals surface area contributed by atoms with Crippen LogP contribution in [-0.2, 0) is 0 Å². The fraction of sp³-hybridized carbons (Fsp3) is 0. The van der Waals surface area contributed by atoms with Gasteiger partial charge in [-0.1, -0.05) is 29.8 Å². The first-order valence-electron chi connectivity index (χ1n) is 4.93. The minimum atomic E-state index is 0.363. The standard InChI is InChI=1S/C13H9ClN2O/c14-10-5-3-7-12(13(10)16)17-11-6-2-1-4-9(11)8-15/h1-7H,16H2. The number of rotatable bonds is 2. The lowest BCUT2D eigenvalue weighted by Gasteiger charge is -2.10. The van der Waals surface area contributed by atoms with Crippen molar-refractivity contribution in [3.63, 3.8) is 0 Å². The Morgan fingerprint density at radius 2 is 1.76 bits per heavy atom. The van der Waals surface area contributed by atoms with Crippen LogP contribution in [0, 0.1) is 11.3 Å². The predicted molar refractivity (Wildman–Crippen MR) is 67.1 cm³/mol. The van der Waals surface area contributed by atoms with E-state index in [4.69, 9.17) is 27.3 Å². The molecular weight excluding hydrogens is 236 g/mol. The number of hydrogen-bond acceptors (Lipinski definition) is 3. The number of para-hydroxylation sites is 2. The third-order valence-electron chi connectivity index (χ3n) is 2.24.